The van der Waals surface area contributed by atoms with Gasteiger partial charge in [-0.05, 0) is 67.5 Å². The molecule has 0 radical (unpaired) electrons. The number of hydrogen-bond acceptors (Lipinski definition) is 12. The Labute approximate surface area is 268 Å². The van der Waals surface area contributed by atoms with Crippen LogP contribution in [0.25, 0.3) is 0 Å². The highest BCUT2D eigenvalue weighted by molar-refractivity contribution is 5.73. The molecule has 0 aromatic carbocycles. The minimum Gasteiger partial charge on any atom is -0.488 e. The van der Waals surface area contributed by atoms with Gasteiger partial charge in [-0.15, -0.1) is 0 Å². The van der Waals surface area contributed by atoms with Crippen LogP contribution in [0, 0.1) is 17.8 Å². The smallest absolute Gasteiger partial charge is 0.311 e. The Bertz CT molecular complexity index is 1070. The Morgan fingerprint density at radius 3 is 2.31 bits per heavy atom. The van der Waals surface area contributed by atoms with Gasteiger partial charge in [0.15, 0.2) is 12.6 Å². The van der Waals surface area contributed by atoms with Crippen LogP contribution >= 0.6 is 0 Å². The number of rotatable bonds is 7. The Hall–Kier alpha value is -1.35. The highest BCUT2D eigenvalue weighted by atomic mass is 16.7. The lowest BCUT2D eigenvalue weighted by Gasteiger charge is -2.48. The van der Waals surface area contributed by atoms with E-state index in [-0.39, 0.29) is 18.6 Å². The van der Waals surface area contributed by atoms with Crippen molar-refractivity contribution in [1.29, 1.82) is 0 Å². The highest BCUT2D eigenvalue weighted by Gasteiger charge is 2.55. The number of hydrogen-bond donors (Lipinski definition) is 4. The minimum absolute atomic E-state index is 0.176. The van der Waals surface area contributed by atoms with Gasteiger partial charge in [0, 0.05) is 31.9 Å². The lowest BCUT2D eigenvalue weighted by molar-refractivity contribution is -0.314. The number of ether oxygens (including phenoxy) is 7. The lowest BCUT2D eigenvalue weighted by Crippen LogP contribution is -2.60. The summed E-state index contributed by atoms with van der Waals surface area (Å²) in [5.74, 6) is -1.68. The minimum atomic E-state index is -0.975. The van der Waals surface area contributed by atoms with Crippen molar-refractivity contribution in [3.8, 4) is 0 Å². The van der Waals surface area contributed by atoms with Gasteiger partial charge in [-0.1, -0.05) is 13.8 Å². The predicted octanol–water partition coefficient (Wildman–Crippen LogP) is 2.41. The van der Waals surface area contributed by atoms with Gasteiger partial charge in [0.2, 0.25) is 0 Å². The summed E-state index contributed by atoms with van der Waals surface area (Å²) in [6, 6.07) is -0.243. The summed E-state index contributed by atoms with van der Waals surface area (Å²) < 4.78 is 44.2. The second-order valence-corrected chi connectivity index (χ2v) is 14.3. The van der Waals surface area contributed by atoms with Gasteiger partial charge in [-0.3, -0.25) is 4.79 Å². The summed E-state index contributed by atoms with van der Waals surface area (Å²) in [7, 11) is 3.34. The number of methoxy groups -OCH3 is 1. The highest BCUT2D eigenvalue weighted by Crippen LogP contribution is 2.47. The molecule has 4 aliphatic heterocycles. The van der Waals surface area contributed by atoms with Gasteiger partial charge in [-0.25, -0.2) is 0 Å². The number of carbonyl (C=O) groups excluding carboxylic acids is 1. The number of likely N-dealkylation sites (N-methyl/N-ethyl adjacent to an activating group) is 1. The summed E-state index contributed by atoms with van der Waals surface area (Å²) in [4.78, 5) is 13.9. The van der Waals surface area contributed by atoms with Crippen LogP contribution in [0.3, 0.4) is 0 Å². The molecule has 0 amide bonds. The van der Waals surface area contributed by atoms with Gasteiger partial charge in [-0.2, -0.15) is 0 Å². The summed E-state index contributed by atoms with van der Waals surface area (Å²) >= 11 is 0. The molecule has 4 aliphatic rings. The topological polar surface area (TPSA) is 154 Å². The molecule has 0 saturated carbocycles. The van der Waals surface area contributed by atoms with Crippen molar-refractivity contribution in [2.45, 2.75) is 160 Å². The van der Waals surface area contributed by atoms with Gasteiger partial charge in [0.25, 0.3) is 0 Å². The molecule has 4 N–H and O–H groups in total. The molecular weight excluding hydrogens is 586 g/mol. The van der Waals surface area contributed by atoms with Crippen LogP contribution in [0.5, 0.6) is 0 Å². The number of aliphatic hydroxyl groups is 3. The normalized spacial score (nSPS) is 48.8. The largest absolute Gasteiger partial charge is 0.488 e. The van der Waals surface area contributed by atoms with Crippen LogP contribution in [-0.2, 0) is 38.0 Å². The number of esters is 1. The maximum atomic E-state index is 13.9. The van der Waals surface area contributed by atoms with Crippen molar-refractivity contribution in [3.05, 3.63) is 11.3 Å². The first-order valence-electron chi connectivity index (χ1n) is 16.4. The van der Waals surface area contributed by atoms with Gasteiger partial charge < -0.3 is 53.8 Å². The second-order valence-electron chi connectivity index (χ2n) is 14.3. The van der Waals surface area contributed by atoms with Crippen molar-refractivity contribution in [2.24, 2.45) is 17.8 Å². The molecule has 12 nitrogen and oxygen atoms in total. The molecule has 12 heteroatoms. The maximum absolute atomic E-state index is 13.9. The monoisotopic (exact) mass is 643 g/mol. The Kier molecular flexibility index (Phi) is 11.4. The van der Waals surface area contributed by atoms with Crippen LogP contribution in [0.4, 0.5) is 0 Å². The zero-order chi connectivity index (χ0) is 33.6. The first kappa shape index (κ1) is 36.5. The molecule has 7 unspecified atom stereocenters. The van der Waals surface area contributed by atoms with Gasteiger partial charge in [0.1, 0.15) is 35.8 Å². The van der Waals surface area contributed by atoms with Crippen molar-refractivity contribution < 1.29 is 53.3 Å². The molecule has 2 bridgehead atoms. The summed E-state index contributed by atoms with van der Waals surface area (Å²) in [5, 5.41) is 36.0. The van der Waals surface area contributed by atoms with E-state index in [1.807, 2.05) is 34.6 Å². The van der Waals surface area contributed by atoms with Crippen molar-refractivity contribution in [2.75, 3.05) is 14.2 Å². The quantitative estimate of drug-likeness (QED) is 0.301. The van der Waals surface area contributed by atoms with Crippen molar-refractivity contribution in [3.63, 3.8) is 0 Å². The summed E-state index contributed by atoms with van der Waals surface area (Å²) in [6.45, 7) is 16.6. The second kappa shape index (κ2) is 14.0. The fraction of sp³-hybridized carbons (Fsp3) is 0.909. The molecule has 260 valence electrons. The molecule has 4 heterocycles. The number of fused-ring (bicyclic) bond motifs is 2. The number of cyclic esters (lactones) is 1. The molecule has 0 aliphatic carbocycles. The van der Waals surface area contributed by atoms with Crippen molar-refractivity contribution >= 4 is 5.97 Å². The van der Waals surface area contributed by atoms with Gasteiger partial charge in [0.05, 0.1) is 41.9 Å². The number of nitrogens with one attached hydrogen (secondary N) is 1. The predicted molar refractivity (Wildman–Crippen MR) is 164 cm³/mol. The summed E-state index contributed by atoms with van der Waals surface area (Å²) in [5.41, 5.74) is -0.929. The Morgan fingerprint density at radius 2 is 1.71 bits per heavy atom. The van der Waals surface area contributed by atoms with Crippen LogP contribution in [0.1, 0.15) is 81.6 Å². The molecular formula is C33H57NO11. The molecule has 16 atom stereocenters. The van der Waals surface area contributed by atoms with Gasteiger partial charge >= 0.3 is 5.97 Å². The molecule has 0 aromatic rings. The van der Waals surface area contributed by atoms with Crippen LogP contribution < -0.4 is 5.32 Å². The third-order valence-corrected chi connectivity index (χ3v) is 10.6. The standard InChI is InChI=1S/C33H57NO11/c1-15-13-33(9)29(44-31-24(36)22(34-10)12-16(2)40-31)18(4)26(42-23-14-32(8,39-11)28(37)21(7)41-23)19(5)30(38)43-27(20(6)35)17(3)25(15)45-33/h16-24,26-29,31,34-37H,12-14H2,1-11H3/t16?,17-,18-,19+,20?,21?,22?,23-,24?,26-,27+,28-,29+,31-,32?,33?/m0/s1. The zero-order valence-electron chi connectivity index (χ0n) is 28.8. The lowest BCUT2D eigenvalue weighted by atomic mass is 9.79. The fourth-order valence-electron chi connectivity index (χ4n) is 7.83. The SMILES string of the molecule is CNC1CC(C)O[C@@H](O[C@@H]2[C@@H](C)[C@H](O[C@H]3CC(C)(OC)[C@@H](O)C(C)O3)[C@@H](C)C(=O)O[C@@H](C(C)O)[C@@H](C)C3=C(C)CC2(C)O3)C1O. The molecule has 0 aromatic heterocycles. The molecule has 45 heavy (non-hydrogen) atoms. The third-order valence-electron chi connectivity index (χ3n) is 10.6. The van der Waals surface area contributed by atoms with E-state index < -0.39 is 90.2 Å². The first-order chi connectivity index (χ1) is 21.0. The average Bonchev–Trinajstić information content (AvgIpc) is 3.29. The summed E-state index contributed by atoms with van der Waals surface area (Å²) in [6.07, 6.45) is -6.48. The van der Waals surface area contributed by atoms with E-state index in [0.29, 0.717) is 18.6 Å². The van der Waals surface area contributed by atoms with Crippen LogP contribution in [-0.4, -0.2) is 114 Å². The number of carbonyl (C=O) groups is 1. The molecule has 3 fully saturated rings. The van der Waals surface area contributed by atoms with E-state index in [0.717, 1.165) is 5.57 Å². The number of aliphatic hydroxyl groups excluding tert-OH is 3. The molecule has 0 spiro atoms. The average molecular weight is 644 g/mol. The Morgan fingerprint density at radius 1 is 1.04 bits per heavy atom. The van der Waals surface area contributed by atoms with Crippen LogP contribution in [0.2, 0.25) is 0 Å². The fourth-order valence-corrected chi connectivity index (χ4v) is 7.83. The first-order valence-corrected chi connectivity index (χ1v) is 16.4. The third kappa shape index (κ3) is 7.24. The van der Waals surface area contributed by atoms with E-state index in [1.54, 1.807) is 34.7 Å². The van der Waals surface area contributed by atoms with Crippen molar-refractivity contribution in [1.82, 2.24) is 5.32 Å². The van der Waals surface area contributed by atoms with E-state index in [9.17, 15) is 20.1 Å². The van der Waals surface area contributed by atoms with E-state index in [2.05, 4.69) is 5.32 Å². The molecule has 4 rings (SSSR count). The van der Waals surface area contributed by atoms with E-state index >= 15 is 0 Å². The maximum Gasteiger partial charge on any atom is 0.311 e. The molecule has 3 saturated heterocycles. The van der Waals surface area contributed by atoms with E-state index in [1.165, 1.54) is 7.11 Å². The zero-order valence-corrected chi connectivity index (χ0v) is 28.8. The van der Waals surface area contributed by atoms with Crippen LogP contribution in [0.15, 0.2) is 11.3 Å². The van der Waals surface area contributed by atoms with E-state index in [4.69, 9.17) is 33.2 Å². The Balaban J connectivity index is 1.78.